The van der Waals surface area contributed by atoms with Gasteiger partial charge in [0, 0.05) is 18.2 Å². The molecule has 5 heteroatoms. The third-order valence-electron chi connectivity index (χ3n) is 3.40. The predicted molar refractivity (Wildman–Crippen MR) is 83.5 cm³/mol. The molecule has 1 atom stereocenters. The minimum Gasteiger partial charge on any atom is -0.459 e. The molecule has 2 aromatic rings. The molecule has 2 rings (SSSR count). The van der Waals surface area contributed by atoms with Crippen molar-refractivity contribution >= 4 is 11.8 Å². The van der Waals surface area contributed by atoms with Crippen molar-refractivity contribution in [3.63, 3.8) is 0 Å². The monoisotopic (exact) mass is 300 g/mol. The molecule has 0 fully saturated rings. The predicted octanol–water partition coefficient (Wildman–Crippen LogP) is 2.74. The number of benzene rings is 1. The molecule has 0 aliphatic rings. The average Bonchev–Trinajstić information content (AvgIpc) is 3.07. The normalized spacial score (nSPS) is 11.7. The van der Waals surface area contributed by atoms with E-state index in [1.807, 2.05) is 26.0 Å². The zero-order valence-electron chi connectivity index (χ0n) is 12.8. The van der Waals surface area contributed by atoms with E-state index in [2.05, 4.69) is 10.6 Å². The lowest BCUT2D eigenvalue weighted by atomic mass is 10.1. The fourth-order valence-electron chi connectivity index (χ4n) is 1.86. The summed E-state index contributed by atoms with van der Waals surface area (Å²) in [7, 11) is 0. The van der Waals surface area contributed by atoms with Gasteiger partial charge in [0.2, 0.25) is 0 Å². The van der Waals surface area contributed by atoms with E-state index in [0.29, 0.717) is 12.1 Å². The summed E-state index contributed by atoms with van der Waals surface area (Å²) in [6.07, 6.45) is 2.35. The second-order valence-electron chi connectivity index (χ2n) is 5.14. The van der Waals surface area contributed by atoms with Crippen LogP contribution in [-0.4, -0.2) is 17.9 Å². The maximum absolute atomic E-state index is 12.0. The van der Waals surface area contributed by atoms with E-state index >= 15 is 0 Å². The van der Waals surface area contributed by atoms with Crippen molar-refractivity contribution < 1.29 is 14.0 Å². The topological polar surface area (TPSA) is 71.3 Å². The highest BCUT2D eigenvalue weighted by molar-refractivity contribution is 5.94. The number of carbonyl (C=O) groups excluding carboxylic acids is 2. The van der Waals surface area contributed by atoms with E-state index in [1.54, 1.807) is 24.3 Å². The van der Waals surface area contributed by atoms with Crippen LogP contribution < -0.4 is 10.6 Å². The van der Waals surface area contributed by atoms with Crippen molar-refractivity contribution in [2.45, 2.75) is 32.9 Å². The highest BCUT2D eigenvalue weighted by Gasteiger charge is 2.09. The van der Waals surface area contributed by atoms with Crippen LogP contribution in [0.3, 0.4) is 0 Å². The minimum atomic E-state index is -0.261. The van der Waals surface area contributed by atoms with E-state index in [0.717, 1.165) is 12.0 Å². The summed E-state index contributed by atoms with van der Waals surface area (Å²) in [5.41, 5.74) is 1.53. The molecular weight excluding hydrogens is 280 g/mol. The maximum Gasteiger partial charge on any atom is 0.287 e. The van der Waals surface area contributed by atoms with Crippen LogP contribution >= 0.6 is 0 Å². The Bertz CT molecular complexity index is 618. The van der Waals surface area contributed by atoms with E-state index < -0.39 is 0 Å². The molecule has 22 heavy (non-hydrogen) atoms. The number of hydrogen-bond donors (Lipinski definition) is 2. The molecule has 0 saturated carbocycles. The molecule has 0 spiro atoms. The smallest absolute Gasteiger partial charge is 0.287 e. The zero-order valence-corrected chi connectivity index (χ0v) is 12.8. The van der Waals surface area contributed by atoms with Gasteiger partial charge in [-0.3, -0.25) is 9.59 Å². The van der Waals surface area contributed by atoms with Gasteiger partial charge >= 0.3 is 0 Å². The lowest BCUT2D eigenvalue weighted by Crippen LogP contribution is -2.31. The van der Waals surface area contributed by atoms with Gasteiger partial charge in [-0.2, -0.15) is 0 Å². The molecular formula is C17H20N2O3. The number of nitrogens with one attached hydrogen (secondary N) is 2. The molecule has 0 radical (unpaired) electrons. The number of rotatable bonds is 6. The Morgan fingerprint density at radius 2 is 1.86 bits per heavy atom. The van der Waals surface area contributed by atoms with Gasteiger partial charge in [-0.05, 0) is 43.2 Å². The van der Waals surface area contributed by atoms with Crippen molar-refractivity contribution in [2.24, 2.45) is 0 Å². The zero-order chi connectivity index (χ0) is 15.9. The molecule has 2 amide bonds. The number of furan rings is 1. The van der Waals surface area contributed by atoms with Crippen LogP contribution in [0.2, 0.25) is 0 Å². The maximum atomic E-state index is 12.0. The third-order valence-corrected chi connectivity index (χ3v) is 3.40. The fraction of sp³-hybridized carbons (Fsp3) is 0.294. The number of hydrogen-bond acceptors (Lipinski definition) is 3. The first kappa shape index (κ1) is 15.8. The average molecular weight is 300 g/mol. The van der Waals surface area contributed by atoms with Crippen molar-refractivity contribution in [3.8, 4) is 0 Å². The summed E-state index contributed by atoms with van der Waals surface area (Å²) in [5, 5.41) is 5.67. The molecule has 0 aliphatic carbocycles. The first-order valence-corrected chi connectivity index (χ1v) is 7.31. The molecule has 116 valence electrons. The van der Waals surface area contributed by atoms with E-state index in [4.69, 9.17) is 4.42 Å². The van der Waals surface area contributed by atoms with Crippen molar-refractivity contribution in [3.05, 3.63) is 59.5 Å². The SMILES string of the molecule is CC[C@H](C)NC(=O)c1ccc(CNC(=O)c2ccco2)cc1. The summed E-state index contributed by atoms with van der Waals surface area (Å²) in [5.74, 6) is -0.0614. The molecule has 0 unspecified atom stereocenters. The Balaban J connectivity index is 1.89. The molecule has 0 bridgehead atoms. The van der Waals surface area contributed by atoms with Crippen LogP contribution in [0.5, 0.6) is 0 Å². The molecule has 1 aromatic heterocycles. The molecule has 0 saturated heterocycles. The Kier molecular flexibility index (Phi) is 5.36. The summed E-state index contributed by atoms with van der Waals surface area (Å²) in [4.78, 5) is 23.7. The molecule has 1 heterocycles. The lowest BCUT2D eigenvalue weighted by molar-refractivity contribution is 0.0919. The van der Waals surface area contributed by atoms with Gasteiger partial charge in [0.25, 0.3) is 11.8 Å². The summed E-state index contributed by atoms with van der Waals surface area (Å²) >= 11 is 0. The van der Waals surface area contributed by atoms with Gasteiger partial charge in [0.05, 0.1) is 6.26 Å². The minimum absolute atomic E-state index is 0.0829. The van der Waals surface area contributed by atoms with Crippen LogP contribution in [0.25, 0.3) is 0 Å². The summed E-state index contributed by atoms with van der Waals surface area (Å²) in [6.45, 7) is 4.37. The molecule has 2 N–H and O–H groups in total. The van der Waals surface area contributed by atoms with Crippen molar-refractivity contribution in [1.82, 2.24) is 10.6 Å². The largest absolute Gasteiger partial charge is 0.459 e. The second-order valence-corrected chi connectivity index (χ2v) is 5.14. The first-order chi connectivity index (χ1) is 10.6. The lowest BCUT2D eigenvalue weighted by Gasteiger charge is -2.11. The summed E-state index contributed by atoms with van der Waals surface area (Å²) < 4.78 is 5.02. The third kappa shape index (κ3) is 4.22. The van der Waals surface area contributed by atoms with Crippen LogP contribution in [0.4, 0.5) is 0 Å². The van der Waals surface area contributed by atoms with Gasteiger partial charge in [-0.15, -0.1) is 0 Å². The number of amides is 2. The van der Waals surface area contributed by atoms with Crippen LogP contribution in [0, 0.1) is 0 Å². The van der Waals surface area contributed by atoms with Gasteiger partial charge in [0.15, 0.2) is 5.76 Å². The van der Waals surface area contributed by atoms with E-state index in [9.17, 15) is 9.59 Å². The van der Waals surface area contributed by atoms with E-state index in [1.165, 1.54) is 6.26 Å². The first-order valence-electron chi connectivity index (χ1n) is 7.31. The second kappa shape index (κ2) is 7.45. The standard InChI is InChI=1S/C17H20N2O3/c1-3-12(2)19-16(20)14-8-6-13(7-9-14)11-18-17(21)15-5-4-10-22-15/h4-10,12H,3,11H2,1-2H3,(H,18,21)(H,19,20)/t12-/m0/s1. The van der Waals surface area contributed by atoms with Crippen molar-refractivity contribution in [1.29, 1.82) is 0 Å². The number of carbonyl (C=O) groups is 2. The Morgan fingerprint density at radius 3 is 2.45 bits per heavy atom. The highest BCUT2D eigenvalue weighted by Crippen LogP contribution is 2.06. The van der Waals surface area contributed by atoms with Gasteiger partial charge < -0.3 is 15.1 Å². The van der Waals surface area contributed by atoms with Crippen LogP contribution in [-0.2, 0) is 6.54 Å². The fourth-order valence-corrected chi connectivity index (χ4v) is 1.86. The Labute approximate surface area is 129 Å². The highest BCUT2D eigenvalue weighted by atomic mass is 16.3. The molecule has 1 aromatic carbocycles. The Morgan fingerprint density at radius 1 is 1.14 bits per heavy atom. The Hall–Kier alpha value is -2.56. The van der Waals surface area contributed by atoms with Crippen LogP contribution in [0.1, 0.15) is 46.7 Å². The van der Waals surface area contributed by atoms with Gasteiger partial charge in [-0.1, -0.05) is 19.1 Å². The van der Waals surface area contributed by atoms with Crippen LogP contribution in [0.15, 0.2) is 47.1 Å². The van der Waals surface area contributed by atoms with Gasteiger partial charge in [-0.25, -0.2) is 0 Å². The van der Waals surface area contributed by atoms with Gasteiger partial charge in [0.1, 0.15) is 0 Å². The van der Waals surface area contributed by atoms with E-state index in [-0.39, 0.29) is 23.6 Å². The molecule has 0 aliphatic heterocycles. The quantitative estimate of drug-likeness (QED) is 0.861. The van der Waals surface area contributed by atoms with Crippen molar-refractivity contribution in [2.75, 3.05) is 0 Å². The summed E-state index contributed by atoms with van der Waals surface area (Å²) in [6, 6.07) is 10.6. The molecule has 5 nitrogen and oxygen atoms in total.